The molecular weight excluding hydrogens is 638 g/mol. The lowest BCUT2D eigenvalue weighted by Gasteiger charge is -2.52. The van der Waals surface area contributed by atoms with Crippen LogP contribution in [0.3, 0.4) is 0 Å². The number of ketones is 2. The number of ether oxygens (including phenoxy) is 2. The molecule has 0 amide bonds. The van der Waals surface area contributed by atoms with Crippen molar-refractivity contribution in [3.8, 4) is 11.5 Å². The van der Waals surface area contributed by atoms with Crippen LogP contribution >= 0.6 is 15.9 Å². The zero-order valence-electron chi connectivity index (χ0n) is 28.8. The number of benzene rings is 2. The fraction of sp³-hybridized carbons (Fsp3) is 0.550. The highest BCUT2D eigenvalue weighted by Gasteiger charge is 2.50. The van der Waals surface area contributed by atoms with Gasteiger partial charge >= 0.3 is 0 Å². The SMILES string of the molecule is CCOc1cc(C2C3=C(CC(C)(C)CC3=O)N(C3CCCCC3)C3=C2C(=O)CC(C)(C)C3)cc(Br)c1OCc1cc(C)cc(C)c1. The van der Waals surface area contributed by atoms with Gasteiger partial charge in [-0.15, -0.1) is 0 Å². The smallest absolute Gasteiger partial charge is 0.175 e. The second-order valence-electron chi connectivity index (χ2n) is 15.7. The lowest BCUT2D eigenvalue weighted by molar-refractivity contribution is -0.119. The normalized spacial score (nSPS) is 21.8. The van der Waals surface area contributed by atoms with E-state index in [0.717, 1.165) is 63.8 Å². The minimum atomic E-state index is -0.416. The van der Waals surface area contributed by atoms with Crippen molar-refractivity contribution in [2.45, 2.75) is 125 Å². The van der Waals surface area contributed by atoms with Crippen LogP contribution in [0.5, 0.6) is 11.5 Å². The number of carbonyl (C=O) groups is 2. The van der Waals surface area contributed by atoms with Crippen LogP contribution in [0.15, 0.2) is 57.3 Å². The van der Waals surface area contributed by atoms with E-state index in [1.54, 1.807) is 0 Å². The van der Waals surface area contributed by atoms with Gasteiger partial charge in [-0.25, -0.2) is 0 Å². The maximum atomic E-state index is 14.4. The third-order valence-electron chi connectivity index (χ3n) is 10.2. The fourth-order valence-electron chi connectivity index (χ4n) is 8.57. The van der Waals surface area contributed by atoms with Gasteiger partial charge in [0.05, 0.1) is 11.1 Å². The van der Waals surface area contributed by atoms with Gasteiger partial charge in [0.2, 0.25) is 0 Å². The van der Waals surface area contributed by atoms with E-state index in [1.807, 2.05) is 13.0 Å². The second-order valence-corrected chi connectivity index (χ2v) is 16.6. The van der Waals surface area contributed by atoms with Crippen LogP contribution in [0.25, 0.3) is 0 Å². The molecule has 2 aromatic carbocycles. The summed E-state index contributed by atoms with van der Waals surface area (Å²) in [7, 11) is 0. The summed E-state index contributed by atoms with van der Waals surface area (Å²) in [5.74, 6) is 1.19. The van der Waals surface area contributed by atoms with Crippen LogP contribution in [-0.2, 0) is 16.2 Å². The van der Waals surface area contributed by atoms with E-state index >= 15 is 0 Å². The zero-order valence-corrected chi connectivity index (χ0v) is 30.4. The van der Waals surface area contributed by atoms with Crippen molar-refractivity contribution in [3.05, 3.63) is 79.6 Å². The van der Waals surface area contributed by atoms with E-state index in [1.165, 1.54) is 30.4 Å². The van der Waals surface area contributed by atoms with E-state index in [4.69, 9.17) is 9.47 Å². The molecule has 3 aliphatic carbocycles. The Labute approximate surface area is 283 Å². The molecule has 46 heavy (non-hydrogen) atoms. The van der Waals surface area contributed by atoms with Crippen LogP contribution < -0.4 is 9.47 Å². The molecule has 5 nitrogen and oxygen atoms in total. The maximum absolute atomic E-state index is 14.4. The fourth-order valence-corrected chi connectivity index (χ4v) is 9.15. The Hall–Kier alpha value is -2.86. The molecule has 1 fully saturated rings. The van der Waals surface area contributed by atoms with Crippen molar-refractivity contribution in [1.82, 2.24) is 4.90 Å². The van der Waals surface area contributed by atoms with Crippen LogP contribution in [0.1, 0.15) is 121 Å². The Bertz CT molecular complexity index is 1550. The molecule has 2 aromatic rings. The van der Waals surface area contributed by atoms with E-state index in [0.29, 0.717) is 43.6 Å². The lowest BCUT2D eigenvalue weighted by Crippen LogP contribution is -2.48. The van der Waals surface area contributed by atoms with Crippen LogP contribution in [0.4, 0.5) is 0 Å². The van der Waals surface area contributed by atoms with E-state index < -0.39 is 5.92 Å². The molecule has 4 aliphatic rings. The summed E-state index contributed by atoms with van der Waals surface area (Å²) in [4.78, 5) is 31.2. The number of hydrogen-bond acceptors (Lipinski definition) is 5. The van der Waals surface area contributed by atoms with E-state index in [2.05, 4.69) is 86.6 Å². The molecule has 0 radical (unpaired) electrons. The van der Waals surface area contributed by atoms with Gasteiger partial charge in [-0.2, -0.15) is 0 Å². The topological polar surface area (TPSA) is 55.8 Å². The summed E-state index contributed by atoms with van der Waals surface area (Å²) in [6, 6.07) is 10.9. The number of hydrogen-bond donors (Lipinski definition) is 0. The van der Waals surface area contributed by atoms with E-state index in [-0.39, 0.29) is 22.4 Å². The third-order valence-corrected chi connectivity index (χ3v) is 10.8. The summed E-state index contributed by atoms with van der Waals surface area (Å²) < 4.78 is 13.4. The Morgan fingerprint density at radius 3 is 1.89 bits per heavy atom. The molecule has 1 saturated carbocycles. The Morgan fingerprint density at radius 2 is 1.35 bits per heavy atom. The minimum Gasteiger partial charge on any atom is -0.490 e. The largest absolute Gasteiger partial charge is 0.490 e. The Kier molecular flexibility index (Phi) is 9.08. The number of allylic oxidation sites excluding steroid dienone is 4. The van der Waals surface area contributed by atoms with Gasteiger partial charge in [-0.05, 0) is 96.5 Å². The monoisotopic (exact) mass is 687 g/mol. The zero-order chi connectivity index (χ0) is 33.0. The van der Waals surface area contributed by atoms with Crippen molar-refractivity contribution in [2.24, 2.45) is 10.8 Å². The van der Waals surface area contributed by atoms with Gasteiger partial charge in [-0.1, -0.05) is 76.3 Å². The van der Waals surface area contributed by atoms with Gasteiger partial charge in [0.15, 0.2) is 23.1 Å². The summed E-state index contributed by atoms with van der Waals surface area (Å²) in [6.45, 7) is 15.9. The molecule has 246 valence electrons. The summed E-state index contributed by atoms with van der Waals surface area (Å²) in [6.07, 6.45) is 8.50. The first-order valence-electron chi connectivity index (χ1n) is 17.2. The highest BCUT2D eigenvalue weighted by Crippen LogP contribution is 2.56. The number of halogens is 1. The molecular formula is C40H50BrNO4. The Balaban J connectivity index is 1.50. The molecule has 0 spiro atoms. The van der Waals surface area contributed by atoms with Gasteiger partial charge in [0, 0.05) is 47.3 Å². The minimum absolute atomic E-state index is 0.136. The van der Waals surface area contributed by atoms with Crippen molar-refractivity contribution < 1.29 is 19.1 Å². The van der Waals surface area contributed by atoms with Crippen LogP contribution in [0.2, 0.25) is 0 Å². The number of rotatable bonds is 7. The van der Waals surface area contributed by atoms with E-state index in [9.17, 15) is 9.59 Å². The summed E-state index contributed by atoms with van der Waals surface area (Å²) in [5.41, 5.74) is 8.12. The van der Waals surface area contributed by atoms with Crippen LogP contribution in [-0.4, -0.2) is 29.1 Å². The molecule has 0 atom stereocenters. The number of aryl methyl sites for hydroxylation is 2. The average Bonchev–Trinajstić information content (AvgIpc) is 2.94. The molecule has 0 aromatic heterocycles. The Morgan fingerprint density at radius 1 is 0.783 bits per heavy atom. The predicted molar refractivity (Wildman–Crippen MR) is 187 cm³/mol. The third kappa shape index (κ3) is 6.48. The molecule has 1 aliphatic heterocycles. The first-order chi connectivity index (χ1) is 21.8. The van der Waals surface area contributed by atoms with Crippen molar-refractivity contribution in [2.75, 3.05) is 6.61 Å². The van der Waals surface area contributed by atoms with Crippen LogP contribution in [0, 0.1) is 24.7 Å². The lowest BCUT2D eigenvalue weighted by atomic mass is 9.63. The number of nitrogens with zero attached hydrogens (tertiary/aromatic N) is 1. The number of Topliss-reactive ketones (excluding diaryl/α,β-unsaturated/α-hetero) is 2. The maximum Gasteiger partial charge on any atom is 0.175 e. The summed E-state index contributed by atoms with van der Waals surface area (Å²) in [5, 5.41) is 0. The van der Waals surface area contributed by atoms with Crippen molar-refractivity contribution in [3.63, 3.8) is 0 Å². The molecule has 0 N–H and O–H groups in total. The first-order valence-corrected chi connectivity index (χ1v) is 18.0. The summed E-state index contributed by atoms with van der Waals surface area (Å²) >= 11 is 3.84. The molecule has 0 saturated heterocycles. The average molecular weight is 689 g/mol. The highest BCUT2D eigenvalue weighted by molar-refractivity contribution is 9.10. The number of carbonyl (C=O) groups excluding carboxylic acids is 2. The molecule has 6 heteroatoms. The molecule has 6 rings (SSSR count). The van der Waals surface area contributed by atoms with Crippen molar-refractivity contribution >= 4 is 27.5 Å². The van der Waals surface area contributed by atoms with Gasteiger partial charge < -0.3 is 14.4 Å². The van der Waals surface area contributed by atoms with Gasteiger partial charge in [0.1, 0.15) is 6.61 Å². The quantitative estimate of drug-likeness (QED) is 0.290. The second kappa shape index (κ2) is 12.6. The van der Waals surface area contributed by atoms with Gasteiger partial charge in [-0.3, -0.25) is 9.59 Å². The molecule has 0 unspecified atom stereocenters. The first kappa shape index (κ1) is 33.1. The highest BCUT2D eigenvalue weighted by atomic mass is 79.9. The van der Waals surface area contributed by atoms with Gasteiger partial charge in [0.25, 0.3) is 0 Å². The molecule has 0 bridgehead atoms. The van der Waals surface area contributed by atoms with Crippen molar-refractivity contribution in [1.29, 1.82) is 0 Å². The predicted octanol–water partition coefficient (Wildman–Crippen LogP) is 10.1. The standard InChI is InChI=1S/C40H50BrNO4/c1-8-45-34-18-27(17-29(41)38(34)46-23-26-15-24(2)14-25(3)16-26)35-36-30(19-39(4,5)21-32(36)43)42(28-12-10-9-11-13-28)31-20-40(6,7)22-33(44)37(31)35/h14-18,28,35H,8-13,19-23H2,1-7H3. The molecule has 1 heterocycles.